The zero-order valence-corrected chi connectivity index (χ0v) is 19.2. The zero-order chi connectivity index (χ0) is 22.9. The quantitative estimate of drug-likeness (QED) is 0.381. The van der Waals surface area contributed by atoms with Crippen molar-refractivity contribution >= 4 is 44.2 Å². The van der Waals surface area contributed by atoms with Crippen LogP contribution in [0.5, 0.6) is 0 Å². The molecule has 4 aromatic rings. The lowest BCUT2D eigenvalue weighted by molar-refractivity contribution is -0.135. The standard InChI is InChI=1S/C27H20BrFN2O2/c28-20-10-13-24-23(15-20)27(18-8-11-21(29)12-9-18)31(16-25(32)30-24)26(33)14-19-6-3-5-17-4-1-2-7-22(17)19/h1-13,15,27H,14,16H2,(H,30,32)/t27-/m0/s1. The highest BCUT2D eigenvalue weighted by molar-refractivity contribution is 9.10. The van der Waals surface area contributed by atoms with E-state index in [9.17, 15) is 14.0 Å². The highest BCUT2D eigenvalue weighted by Gasteiger charge is 2.33. The summed E-state index contributed by atoms with van der Waals surface area (Å²) < 4.78 is 14.5. The summed E-state index contributed by atoms with van der Waals surface area (Å²) in [5.74, 6) is -0.803. The third-order valence-corrected chi connectivity index (χ3v) is 6.43. The molecular formula is C27H20BrFN2O2. The minimum absolute atomic E-state index is 0.0993. The number of nitrogens with one attached hydrogen (secondary N) is 1. The van der Waals surface area contributed by atoms with Gasteiger partial charge >= 0.3 is 0 Å². The fourth-order valence-electron chi connectivity index (χ4n) is 4.43. The van der Waals surface area contributed by atoms with Crippen molar-refractivity contribution in [2.75, 3.05) is 11.9 Å². The summed E-state index contributed by atoms with van der Waals surface area (Å²) in [6.07, 6.45) is 0.148. The molecule has 5 rings (SSSR count). The fraction of sp³-hybridized carbons (Fsp3) is 0.111. The third kappa shape index (κ3) is 4.26. The second kappa shape index (κ2) is 8.79. The molecule has 1 atom stereocenters. The van der Waals surface area contributed by atoms with Gasteiger partial charge in [-0.2, -0.15) is 0 Å². The van der Waals surface area contributed by atoms with Crippen molar-refractivity contribution < 1.29 is 14.0 Å². The second-order valence-corrected chi connectivity index (χ2v) is 8.99. The summed E-state index contributed by atoms with van der Waals surface area (Å²) in [6.45, 7) is -0.0993. The SMILES string of the molecule is O=C1CN(C(=O)Cc2cccc3ccccc23)[C@@H](c2ccc(F)cc2)c2cc(Br)ccc2N1. The lowest BCUT2D eigenvalue weighted by Crippen LogP contribution is -2.39. The van der Waals surface area contributed by atoms with Crippen molar-refractivity contribution in [1.29, 1.82) is 0 Å². The minimum Gasteiger partial charge on any atom is -0.324 e. The largest absolute Gasteiger partial charge is 0.324 e. The van der Waals surface area contributed by atoms with E-state index in [1.54, 1.807) is 17.0 Å². The molecule has 1 heterocycles. The van der Waals surface area contributed by atoms with E-state index < -0.39 is 6.04 Å². The Morgan fingerprint density at radius 1 is 1.00 bits per heavy atom. The topological polar surface area (TPSA) is 49.4 Å². The van der Waals surface area contributed by atoms with Gasteiger partial charge in [0.1, 0.15) is 12.4 Å². The molecule has 1 aliphatic heterocycles. The molecule has 0 saturated heterocycles. The van der Waals surface area contributed by atoms with Crippen LogP contribution >= 0.6 is 15.9 Å². The van der Waals surface area contributed by atoms with Crippen LogP contribution in [-0.2, 0) is 16.0 Å². The van der Waals surface area contributed by atoms with Gasteiger partial charge < -0.3 is 10.2 Å². The molecular weight excluding hydrogens is 483 g/mol. The molecule has 0 unspecified atom stereocenters. The van der Waals surface area contributed by atoms with Crippen LogP contribution in [0.25, 0.3) is 10.8 Å². The van der Waals surface area contributed by atoms with Gasteiger partial charge in [-0.15, -0.1) is 0 Å². The van der Waals surface area contributed by atoms with Gasteiger partial charge in [-0.3, -0.25) is 9.59 Å². The van der Waals surface area contributed by atoms with Crippen molar-refractivity contribution in [2.45, 2.75) is 12.5 Å². The van der Waals surface area contributed by atoms with Gasteiger partial charge in [-0.1, -0.05) is 70.5 Å². The number of carbonyl (C=O) groups excluding carboxylic acids is 2. The Hall–Kier alpha value is -3.51. The number of nitrogens with zero attached hydrogens (tertiary/aromatic N) is 1. The van der Waals surface area contributed by atoms with E-state index in [0.29, 0.717) is 5.69 Å². The molecule has 0 aromatic heterocycles. The smallest absolute Gasteiger partial charge is 0.244 e. The van der Waals surface area contributed by atoms with Gasteiger partial charge in [0.15, 0.2) is 0 Å². The summed E-state index contributed by atoms with van der Waals surface area (Å²) in [4.78, 5) is 28.1. The Morgan fingerprint density at radius 3 is 2.58 bits per heavy atom. The number of hydrogen-bond donors (Lipinski definition) is 1. The minimum atomic E-state index is -0.542. The van der Waals surface area contributed by atoms with Crippen LogP contribution in [-0.4, -0.2) is 23.3 Å². The maximum absolute atomic E-state index is 13.7. The summed E-state index contributed by atoms with van der Waals surface area (Å²) in [5.41, 5.74) is 3.04. The maximum Gasteiger partial charge on any atom is 0.244 e. The molecule has 33 heavy (non-hydrogen) atoms. The normalized spacial score (nSPS) is 15.6. The summed E-state index contributed by atoms with van der Waals surface area (Å²) in [7, 11) is 0. The predicted octanol–water partition coefficient (Wildman–Crippen LogP) is 5.85. The van der Waals surface area contributed by atoms with E-state index in [0.717, 1.165) is 31.9 Å². The molecule has 1 N–H and O–H groups in total. The van der Waals surface area contributed by atoms with Crippen molar-refractivity contribution in [3.63, 3.8) is 0 Å². The monoisotopic (exact) mass is 502 g/mol. The number of carbonyl (C=O) groups is 2. The highest BCUT2D eigenvalue weighted by Crippen LogP contribution is 2.38. The Balaban J connectivity index is 1.60. The average Bonchev–Trinajstić information content (AvgIpc) is 2.95. The fourth-order valence-corrected chi connectivity index (χ4v) is 4.80. The number of hydrogen-bond acceptors (Lipinski definition) is 2. The molecule has 0 spiro atoms. The van der Waals surface area contributed by atoms with E-state index >= 15 is 0 Å². The Kier molecular flexibility index (Phi) is 5.68. The third-order valence-electron chi connectivity index (χ3n) is 5.94. The molecule has 0 bridgehead atoms. The number of benzene rings is 4. The lowest BCUT2D eigenvalue weighted by Gasteiger charge is -2.31. The highest BCUT2D eigenvalue weighted by atomic mass is 79.9. The van der Waals surface area contributed by atoms with Crippen LogP contribution in [0.2, 0.25) is 0 Å². The van der Waals surface area contributed by atoms with Crippen LogP contribution in [0.1, 0.15) is 22.7 Å². The lowest BCUT2D eigenvalue weighted by atomic mass is 9.95. The first kappa shape index (κ1) is 21.3. The Bertz CT molecular complexity index is 1370. The van der Waals surface area contributed by atoms with Crippen molar-refractivity contribution in [1.82, 2.24) is 4.90 Å². The molecule has 0 radical (unpaired) electrons. The van der Waals surface area contributed by atoms with Gasteiger partial charge in [0.2, 0.25) is 11.8 Å². The number of fused-ring (bicyclic) bond motifs is 2. The van der Waals surface area contributed by atoms with E-state index in [4.69, 9.17) is 0 Å². The molecule has 6 heteroatoms. The van der Waals surface area contributed by atoms with Crippen molar-refractivity contribution in [3.05, 3.63) is 112 Å². The molecule has 1 aliphatic rings. The number of amides is 2. The molecule has 0 saturated carbocycles. The first-order valence-electron chi connectivity index (χ1n) is 10.6. The summed E-state index contributed by atoms with van der Waals surface area (Å²) in [5, 5.41) is 4.98. The van der Waals surface area contributed by atoms with Gasteiger partial charge in [0.05, 0.1) is 12.5 Å². The van der Waals surface area contributed by atoms with E-state index in [2.05, 4.69) is 21.2 Å². The molecule has 2 amide bonds. The van der Waals surface area contributed by atoms with Crippen LogP contribution in [0.15, 0.2) is 89.4 Å². The number of halogens is 2. The van der Waals surface area contributed by atoms with Crippen LogP contribution in [0, 0.1) is 5.82 Å². The van der Waals surface area contributed by atoms with E-state index in [1.165, 1.54) is 12.1 Å². The summed E-state index contributed by atoms with van der Waals surface area (Å²) in [6, 6.07) is 24.9. The number of rotatable bonds is 3. The molecule has 0 aliphatic carbocycles. The molecule has 4 aromatic carbocycles. The van der Waals surface area contributed by atoms with Gasteiger partial charge in [0, 0.05) is 15.7 Å². The Labute approximate surface area is 199 Å². The van der Waals surface area contributed by atoms with Gasteiger partial charge in [-0.25, -0.2) is 4.39 Å². The van der Waals surface area contributed by atoms with E-state index in [1.807, 2.05) is 60.7 Å². The Morgan fingerprint density at radius 2 is 1.76 bits per heavy atom. The van der Waals surface area contributed by atoms with Gasteiger partial charge in [0.25, 0.3) is 0 Å². The number of anilines is 1. The van der Waals surface area contributed by atoms with Crippen molar-refractivity contribution in [2.24, 2.45) is 0 Å². The zero-order valence-electron chi connectivity index (χ0n) is 17.6. The average molecular weight is 503 g/mol. The van der Waals surface area contributed by atoms with Crippen LogP contribution < -0.4 is 5.32 Å². The predicted molar refractivity (Wildman–Crippen MR) is 130 cm³/mol. The van der Waals surface area contributed by atoms with Crippen LogP contribution in [0.3, 0.4) is 0 Å². The summed E-state index contributed by atoms with van der Waals surface area (Å²) >= 11 is 3.50. The first-order chi connectivity index (χ1) is 16.0. The molecule has 164 valence electrons. The van der Waals surface area contributed by atoms with Gasteiger partial charge in [-0.05, 0) is 52.2 Å². The molecule has 0 fully saturated rings. The first-order valence-corrected chi connectivity index (χ1v) is 11.4. The second-order valence-electron chi connectivity index (χ2n) is 8.07. The van der Waals surface area contributed by atoms with Crippen molar-refractivity contribution in [3.8, 4) is 0 Å². The van der Waals surface area contributed by atoms with Crippen LogP contribution in [0.4, 0.5) is 10.1 Å². The van der Waals surface area contributed by atoms with E-state index in [-0.39, 0.29) is 30.6 Å². The maximum atomic E-state index is 13.7. The molecule has 4 nitrogen and oxygen atoms in total.